The third-order valence-corrected chi connectivity index (χ3v) is 5.24. The van der Waals surface area contributed by atoms with Crippen molar-refractivity contribution in [3.05, 3.63) is 48.0 Å². The third kappa shape index (κ3) is 8.33. The lowest BCUT2D eigenvalue weighted by molar-refractivity contribution is -0.142. The summed E-state index contributed by atoms with van der Waals surface area (Å²) in [6.07, 6.45) is 1.34. The van der Waals surface area contributed by atoms with Crippen LogP contribution in [0.2, 0.25) is 0 Å². The number of nitrogens with two attached hydrogens (primary N) is 1. The molecular weight excluding hydrogens is 476 g/mol. The Bertz CT molecular complexity index is 1030. The second kappa shape index (κ2) is 13.2. The number of aliphatic carboxylic acids is 1. The van der Waals surface area contributed by atoms with E-state index >= 15 is 0 Å². The molecular formula is C22H30N6O8. The van der Waals surface area contributed by atoms with Gasteiger partial charge in [-0.1, -0.05) is 12.1 Å². The van der Waals surface area contributed by atoms with Crippen LogP contribution >= 0.6 is 0 Å². The normalized spacial score (nSPS) is 15.1. The fourth-order valence-corrected chi connectivity index (χ4v) is 3.12. The van der Waals surface area contributed by atoms with Crippen LogP contribution in [0.5, 0.6) is 5.75 Å². The molecule has 36 heavy (non-hydrogen) atoms. The first-order valence-electron chi connectivity index (χ1n) is 10.9. The van der Waals surface area contributed by atoms with Gasteiger partial charge in [0.2, 0.25) is 17.7 Å². The fraction of sp³-hybridized carbons (Fsp3) is 0.409. The van der Waals surface area contributed by atoms with Gasteiger partial charge in [-0.3, -0.25) is 14.4 Å². The summed E-state index contributed by atoms with van der Waals surface area (Å²) in [6.45, 7) is 0.446. The Labute approximate surface area is 205 Å². The van der Waals surface area contributed by atoms with E-state index in [1.54, 1.807) is 0 Å². The second-order valence-electron chi connectivity index (χ2n) is 8.12. The van der Waals surface area contributed by atoms with Crippen molar-refractivity contribution in [3.8, 4) is 5.75 Å². The van der Waals surface area contributed by atoms with Gasteiger partial charge in [-0.25, -0.2) is 9.78 Å². The molecule has 1 heterocycles. The number of carboxylic acids is 1. The first kappa shape index (κ1) is 28.2. The second-order valence-corrected chi connectivity index (χ2v) is 8.12. The summed E-state index contributed by atoms with van der Waals surface area (Å²) >= 11 is 0. The molecule has 0 spiro atoms. The number of aliphatic hydroxyl groups is 2. The highest BCUT2D eigenvalue weighted by atomic mass is 16.4. The number of aromatic nitrogens is 2. The molecule has 0 aliphatic heterocycles. The first-order valence-corrected chi connectivity index (χ1v) is 10.9. The molecule has 196 valence electrons. The summed E-state index contributed by atoms with van der Waals surface area (Å²) in [5.41, 5.74) is 6.52. The van der Waals surface area contributed by atoms with Crippen LogP contribution in [0.25, 0.3) is 0 Å². The Morgan fingerprint density at radius 3 is 2.08 bits per heavy atom. The highest BCUT2D eigenvalue weighted by molar-refractivity contribution is 5.94. The number of rotatable bonds is 13. The van der Waals surface area contributed by atoms with Crippen LogP contribution < -0.4 is 21.7 Å². The van der Waals surface area contributed by atoms with Crippen molar-refractivity contribution in [2.24, 2.45) is 5.73 Å². The van der Waals surface area contributed by atoms with Crippen LogP contribution in [0.15, 0.2) is 36.8 Å². The molecule has 0 fully saturated rings. The van der Waals surface area contributed by atoms with E-state index in [1.165, 1.54) is 43.7 Å². The van der Waals surface area contributed by atoms with Gasteiger partial charge in [-0.05, 0) is 24.6 Å². The number of nitrogens with zero attached hydrogens (tertiary/aromatic N) is 1. The number of amides is 3. The highest BCUT2D eigenvalue weighted by Gasteiger charge is 2.31. The average molecular weight is 507 g/mol. The van der Waals surface area contributed by atoms with Crippen molar-refractivity contribution < 1.29 is 39.6 Å². The average Bonchev–Trinajstić information content (AvgIpc) is 3.35. The molecule has 0 aliphatic rings. The van der Waals surface area contributed by atoms with Gasteiger partial charge in [0.05, 0.1) is 19.0 Å². The number of aromatic amines is 1. The number of imidazole rings is 1. The van der Waals surface area contributed by atoms with Crippen molar-refractivity contribution in [2.75, 3.05) is 6.61 Å². The summed E-state index contributed by atoms with van der Waals surface area (Å²) in [5.74, 6) is -4.00. The summed E-state index contributed by atoms with van der Waals surface area (Å²) in [7, 11) is 0. The van der Waals surface area contributed by atoms with Crippen LogP contribution in [0.1, 0.15) is 18.2 Å². The number of aliphatic hydroxyl groups excluding tert-OH is 2. The third-order valence-electron chi connectivity index (χ3n) is 5.24. The lowest BCUT2D eigenvalue weighted by Crippen LogP contribution is -2.59. The number of carbonyl (C=O) groups excluding carboxylic acids is 3. The van der Waals surface area contributed by atoms with Gasteiger partial charge in [0.1, 0.15) is 29.9 Å². The number of carboxylic acid groups (broad SMARTS) is 1. The molecule has 3 amide bonds. The Morgan fingerprint density at radius 1 is 0.972 bits per heavy atom. The zero-order chi connectivity index (χ0) is 26.8. The number of aromatic hydroxyl groups is 1. The van der Waals surface area contributed by atoms with E-state index in [-0.39, 0.29) is 18.6 Å². The first-order chi connectivity index (χ1) is 17.0. The number of hydrogen-bond acceptors (Lipinski definition) is 9. The number of phenolic OH excluding ortho intramolecular Hbond substituents is 1. The minimum Gasteiger partial charge on any atom is -0.508 e. The van der Waals surface area contributed by atoms with Gasteiger partial charge in [0.25, 0.3) is 0 Å². The summed E-state index contributed by atoms with van der Waals surface area (Å²) in [5, 5.41) is 45.0. The zero-order valence-corrected chi connectivity index (χ0v) is 19.4. The SMILES string of the molecule is CC(O)C(N)C(=O)NC(CO)C(=O)NC(Cc1cnc[nH]1)C(=O)NC(Cc1ccc(O)cc1)C(=O)O. The van der Waals surface area contributed by atoms with Gasteiger partial charge in [0.15, 0.2) is 0 Å². The topological polar surface area (TPSA) is 240 Å². The van der Waals surface area contributed by atoms with Crippen molar-refractivity contribution in [1.29, 1.82) is 0 Å². The van der Waals surface area contributed by atoms with Crippen molar-refractivity contribution in [2.45, 2.75) is 50.0 Å². The van der Waals surface area contributed by atoms with Gasteiger partial charge in [0, 0.05) is 24.7 Å². The van der Waals surface area contributed by atoms with E-state index in [0.29, 0.717) is 11.3 Å². The molecule has 2 rings (SSSR count). The van der Waals surface area contributed by atoms with Crippen LogP contribution in [-0.2, 0) is 32.0 Å². The summed E-state index contributed by atoms with van der Waals surface area (Å²) < 4.78 is 0. The number of phenols is 1. The molecule has 0 saturated carbocycles. The highest BCUT2D eigenvalue weighted by Crippen LogP contribution is 2.12. The van der Waals surface area contributed by atoms with E-state index in [0.717, 1.165) is 0 Å². The van der Waals surface area contributed by atoms with E-state index in [1.807, 2.05) is 0 Å². The van der Waals surface area contributed by atoms with E-state index < -0.39 is 60.6 Å². The van der Waals surface area contributed by atoms with Gasteiger partial charge in [-0.2, -0.15) is 0 Å². The van der Waals surface area contributed by atoms with Crippen LogP contribution in [0.4, 0.5) is 0 Å². The molecule has 1 aromatic carbocycles. The number of nitrogens with one attached hydrogen (secondary N) is 4. The lowest BCUT2D eigenvalue weighted by Gasteiger charge is -2.24. The van der Waals surface area contributed by atoms with Crippen molar-refractivity contribution in [1.82, 2.24) is 25.9 Å². The van der Waals surface area contributed by atoms with E-state index in [4.69, 9.17) is 5.73 Å². The van der Waals surface area contributed by atoms with Crippen LogP contribution in [0.3, 0.4) is 0 Å². The maximum absolute atomic E-state index is 13.0. The van der Waals surface area contributed by atoms with Crippen LogP contribution in [0, 0.1) is 0 Å². The Balaban J connectivity index is 2.16. The number of H-pyrrole nitrogens is 1. The molecule has 14 heteroatoms. The molecule has 0 bridgehead atoms. The molecule has 0 radical (unpaired) electrons. The molecule has 2 aromatic rings. The molecule has 10 N–H and O–H groups in total. The van der Waals surface area contributed by atoms with Crippen molar-refractivity contribution >= 4 is 23.7 Å². The summed E-state index contributed by atoms with van der Waals surface area (Å²) in [4.78, 5) is 56.3. The number of benzene rings is 1. The van der Waals surface area contributed by atoms with Crippen LogP contribution in [-0.4, -0.2) is 91.0 Å². The molecule has 0 aliphatic carbocycles. The predicted molar refractivity (Wildman–Crippen MR) is 124 cm³/mol. The molecule has 5 unspecified atom stereocenters. The molecule has 0 saturated heterocycles. The molecule has 1 aromatic heterocycles. The Kier molecular flexibility index (Phi) is 10.3. The lowest BCUT2D eigenvalue weighted by atomic mass is 10.0. The van der Waals surface area contributed by atoms with E-state index in [2.05, 4.69) is 25.9 Å². The monoisotopic (exact) mass is 506 g/mol. The van der Waals surface area contributed by atoms with Gasteiger partial charge >= 0.3 is 5.97 Å². The minimum atomic E-state index is -1.49. The van der Waals surface area contributed by atoms with Gasteiger partial charge < -0.3 is 47.1 Å². The summed E-state index contributed by atoms with van der Waals surface area (Å²) in [6, 6.07) is 0.255. The van der Waals surface area contributed by atoms with Gasteiger partial charge in [-0.15, -0.1) is 0 Å². The minimum absolute atomic E-state index is 0.00285. The maximum atomic E-state index is 13.0. The quantitative estimate of drug-likeness (QED) is 0.135. The molecule has 14 nitrogen and oxygen atoms in total. The maximum Gasteiger partial charge on any atom is 0.326 e. The zero-order valence-electron chi connectivity index (χ0n) is 19.4. The number of carbonyl (C=O) groups is 4. The Hall–Kier alpha value is -4.01. The molecule has 5 atom stereocenters. The standard InChI is InChI=1S/C22H30N6O8/c1-11(30)18(23)21(34)28-17(9-29)20(33)26-15(7-13-8-24-10-25-13)19(32)27-16(22(35)36)6-12-2-4-14(31)5-3-12/h2-5,8,10-11,15-18,29-31H,6-7,9,23H2,1H3,(H,24,25)(H,26,33)(H,27,32)(H,28,34)(H,35,36). The Morgan fingerprint density at radius 2 is 1.56 bits per heavy atom. The predicted octanol–water partition coefficient (Wildman–Crippen LogP) is -2.86. The fourth-order valence-electron chi connectivity index (χ4n) is 3.12. The van der Waals surface area contributed by atoms with Crippen molar-refractivity contribution in [3.63, 3.8) is 0 Å². The van der Waals surface area contributed by atoms with E-state index in [9.17, 15) is 39.6 Å². The largest absolute Gasteiger partial charge is 0.508 e. The smallest absolute Gasteiger partial charge is 0.326 e. The number of hydrogen-bond donors (Lipinski definition) is 9.